The molecule has 3 rings (SSSR count). The van der Waals surface area contributed by atoms with E-state index in [2.05, 4.69) is 25.8 Å². The van der Waals surface area contributed by atoms with Gasteiger partial charge in [-0.3, -0.25) is 5.10 Å². The molecule has 0 radical (unpaired) electrons. The third kappa shape index (κ3) is 4.84. The molecule has 0 aliphatic rings. The van der Waals surface area contributed by atoms with E-state index in [0.717, 1.165) is 38.1 Å². The van der Waals surface area contributed by atoms with E-state index >= 15 is 0 Å². The average molecular weight is 400 g/mol. The lowest BCUT2D eigenvalue weighted by atomic mass is 10.1. The maximum Gasteiger partial charge on any atom is 0.319 e. The normalized spacial score (nSPS) is 10.6. The first-order valence-corrected chi connectivity index (χ1v) is 10.8. The number of aromatic amines is 1. The summed E-state index contributed by atoms with van der Waals surface area (Å²) in [7, 11) is 0. The maximum absolute atomic E-state index is 12.4. The number of nitrogens with one attached hydrogen (secondary N) is 3. The number of pyridine rings is 1. The number of anilines is 1. The summed E-state index contributed by atoms with van der Waals surface area (Å²) in [6.07, 6.45) is 5.66. The van der Waals surface area contributed by atoms with Gasteiger partial charge in [-0.05, 0) is 48.8 Å². The lowest BCUT2D eigenvalue weighted by molar-refractivity contribution is 0.251. The molecule has 3 N–H and O–H groups in total. The molecule has 0 saturated heterocycles. The molecule has 140 valence electrons. The van der Waals surface area contributed by atoms with E-state index in [4.69, 9.17) is 0 Å². The van der Waals surface area contributed by atoms with Gasteiger partial charge in [-0.25, -0.2) is 9.78 Å². The fraction of sp³-hybridized carbons (Fsp3) is 0.211. The summed E-state index contributed by atoms with van der Waals surface area (Å²) >= 11 is 3.11. The van der Waals surface area contributed by atoms with Crippen LogP contribution in [0.3, 0.4) is 0 Å². The van der Waals surface area contributed by atoms with Crippen LogP contribution >= 0.6 is 23.5 Å². The number of aryl methyl sites for hydroxylation is 1. The number of H-pyrrole nitrogens is 1. The number of benzene rings is 1. The van der Waals surface area contributed by atoms with Crippen molar-refractivity contribution in [3.8, 4) is 11.3 Å². The highest BCUT2D eigenvalue weighted by molar-refractivity contribution is 7.99. The molecule has 1 aromatic carbocycles. The summed E-state index contributed by atoms with van der Waals surface area (Å²) in [5, 5.41) is 13.6. The number of nitrogens with zero attached hydrogens (tertiary/aromatic N) is 2. The predicted octanol–water partition coefficient (Wildman–Crippen LogP) is 4.55. The fourth-order valence-electron chi connectivity index (χ4n) is 2.64. The molecule has 0 atom stereocenters. The zero-order chi connectivity index (χ0) is 19.2. The number of thioether (sulfide) groups is 2. The molecule has 3 aromatic rings. The summed E-state index contributed by atoms with van der Waals surface area (Å²) in [6.45, 7) is 2.38. The Hall–Kier alpha value is -2.45. The first-order chi connectivity index (χ1) is 13.1. The molecular weight excluding hydrogens is 378 g/mol. The number of carbonyl (C=O) groups excluding carboxylic acids is 1. The van der Waals surface area contributed by atoms with Gasteiger partial charge in [-0.15, -0.1) is 23.5 Å². The highest BCUT2D eigenvalue weighted by atomic mass is 32.2. The van der Waals surface area contributed by atoms with Crippen molar-refractivity contribution < 1.29 is 4.79 Å². The van der Waals surface area contributed by atoms with Crippen LogP contribution in [0.5, 0.6) is 0 Å². The molecule has 0 saturated carbocycles. The molecule has 6 nitrogen and oxygen atoms in total. The minimum absolute atomic E-state index is 0.252. The van der Waals surface area contributed by atoms with E-state index in [0.29, 0.717) is 6.54 Å². The van der Waals surface area contributed by atoms with Gasteiger partial charge in [0.1, 0.15) is 5.03 Å². The third-order valence-electron chi connectivity index (χ3n) is 3.92. The highest BCUT2D eigenvalue weighted by Crippen LogP contribution is 2.33. The molecular formula is C19H21N5OS2. The number of carbonyl (C=O) groups is 1. The molecule has 0 bridgehead atoms. The lowest BCUT2D eigenvalue weighted by Gasteiger charge is -2.14. The Morgan fingerprint density at radius 1 is 1.19 bits per heavy atom. The lowest BCUT2D eigenvalue weighted by Crippen LogP contribution is -2.28. The number of hydrogen-bond donors (Lipinski definition) is 3. The van der Waals surface area contributed by atoms with Crippen molar-refractivity contribution in [1.82, 2.24) is 20.5 Å². The van der Waals surface area contributed by atoms with Gasteiger partial charge in [0, 0.05) is 23.3 Å². The van der Waals surface area contributed by atoms with E-state index in [9.17, 15) is 4.79 Å². The molecule has 0 aliphatic carbocycles. The number of amides is 2. The van der Waals surface area contributed by atoms with Crippen LogP contribution in [0.25, 0.3) is 11.3 Å². The predicted molar refractivity (Wildman–Crippen MR) is 112 cm³/mol. The van der Waals surface area contributed by atoms with Crippen LogP contribution in [-0.4, -0.2) is 33.7 Å². The van der Waals surface area contributed by atoms with Crippen LogP contribution in [0.4, 0.5) is 10.5 Å². The number of urea groups is 1. The van der Waals surface area contributed by atoms with E-state index < -0.39 is 0 Å². The van der Waals surface area contributed by atoms with Gasteiger partial charge < -0.3 is 10.6 Å². The minimum Gasteiger partial charge on any atom is -0.334 e. The van der Waals surface area contributed by atoms with E-state index in [1.54, 1.807) is 18.0 Å². The second-order valence-electron chi connectivity index (χ2n) is 5.83. The van der Waals surface area contributed by atoms with Crippen molar-refractivity contribution in [2.45, 2.75) is 23.4 Å². The average Bonchev–Trinajstić information content (AvgIpc) is 3.22. The molecule has 0 unspecified atom stereocenters. The molecule has 27 heavy (non-hydrogen) atoms. The Morgan fingerprint density at radius 2 is 2.04 bits per heavy atom. The van der Waals surface area contributed by atoms with E-state index in [1.165, 1.54) is 11.8 Å². The van der Waals surface area contributed by atoms with Crippen LogP contribution in [0.15, 0.2) is 52.5 Å². The van der Waals surface area contributed by atoms with Gasteiger partial charge >= 0.3 is 6.03 Å². The monoisotopic (exact) mass is 399 g/mol. The van der Waals surface area contributed by atoms with Crippen LogP contribution < -0.4 is 10.6 Å². The Kier molecular flexibility index (Phi) is 6.41. The second-order valence-corrected chi connectivity index (χ2v) is 7.47. The summed E-state index contributed by atoms with van der Waals surface area (Å²) in [5.74, 6) is 0. The number of hydrogen-bond acceptors (Lipinski definition) is 5. The molecule has 2 heterocycles. The van der Waals surface area contributed by atoms with Crippen molar-refractivity contribution in [3.63, 3.8) is 0 Å². The summed E-state index contributed by atoms with van der Waals surface area (Å²) in [5.41, 5.74) is 4.68. The summed E-state index contributed by atoms with van der Waals surface area (Å²) < 4.78 is 0. The minimum atomic E-state index is -0.252. The Morgan fingerprint density at radius 3 is 2.74 bits per heavy atom. The van der Waals surface area contributed by atoms with Crippen molar-refractivity contribution in [1.29, 1.82) is 0 Å². The van der Waals surface area contributed by atoms with Gasteiger partial charge in [0.15, 0.2) is 0 Å². The molecule has 8 heteroatoms. The molecule has 0 spiro atoms. The van der Waals surface area contributed by atoms with Crippen molar-refractivity contribution in [3.05, 3.63) is 53.9 Å². The second kappa shape index (κ2) is 8.96. The van der Waals surface area contributed by atoms with Gasteiger partial charge in [-0.2, -0.15) is 5.10 Å². The van der Waals surface area contributed by atoms with E-state index in [1.807, 2.05) is 55.8 Å². The summed E-state index contributed by atoms with van der Waals surface area (Å²) in [4.78, 5) is 17.9. The van der Waals surface area contributed by atoms with Gasteiger partial charge in [0.05, 0.1) is 11.4 Å². The zero-order valence-corrected chi connectivity index (χ0v) is 17.0. The topological polar surface area (TPSA) is 82.7 Å². The van der Waals surface area contributed by atoms with Crippen molar-refractivity contribution in [2.24, 2.45) is 0 Å². The van der Waals surface area contributed by atoms with Crippen LogP contribution in [0.2, 0.25) is 0 Å². The van der Waals surface area contributed by atoms with Crippen molar-refractivity contribution >= 4 is 35.2 Å². The number of aromatic nitrogens is 3. The molecule has 2 aromatic heterocycles. The highest BCUT2D eigenvalue weighted by Gasteiger charge is 2.13. The fourth-order valence-corrected chi connectivity index (χ4v) is 3.95. The third-order valence-corrected chi connectivity index (χ3v) is 5.37. The van der Waals surface area contributed by atoms with Gasteiger partial charge in [0.25, 0.3) is 0 Å². The largest absolute Gasteiger partial charge is 0.334 e. The molecule has 0 aliphatic heterocycles. The Labute approximate surface area is 166 Å². The quantitative estimate of drug-likeness (QED) is 0.530. The van der Waals surface area contributed by atoms with Crippen LogP contribution in [-0.2, 0) is 6.54 Å². The first kappa shape index (κ1) is 19.3. The van der Waals surface area contributed by atoms with Gasteiger partial charge in [-0.1, -0.05) is 18.2 Å². The van der Waals surface area contributed by atoms with Crippen LogP contribution in [0, 0.1) is 6.92 Å². The zero-order valence-electron chi connectivity index (χ0n) is 15.4. The Bertz CT molecular complexity index is 903. The van der Waals surface area contributed by atoms with E-state index in [-0.39, 0.29) is 6.03 Å². The Balaban J connectivity index is 1.68. The number of rotatable bonds is 6. The maximum atomic E-state index is 12.4. The smallest absolute Gasteiger partial charge is 0.319 e. The SMILES string of the molecule is CSc1cc(C)nc(SC)c1NC(=O)NCc1cccc(-c2ccn[nH]2)c1. The van der Waals surface area contributed by atoms with Gasteiger partial charge in [0.2, 0.25) is 0 Å². The first-order valence-electron chi connectivity index (χ1n) is 8.34. The summed E-state index contributed by atoms with van der Waals surface area (Å²) in [6, 6.07) is 11.6. The standard InChI is InChI=1S/C19H21N5OS2/c1-12-9-16(26-2)17(18(22-12)27-3)23-19(25)20-11-13-5-4-6-14(10-13)15-7-8-21-24-15/h4-10H,11H2,1-3H3,(H,21,24)(H2,20,23,25). The molecule has 2 amide bonds. The molecule has 0 fully saturated rings. The van der Waals surface area contributed by atoms with Crippen molar-refractivity contribution in [2.75, 3.05) is 17.8 Å². The van der Waals surface area contributed by atoms with Crippen LogP contribution in [0.1, 0.15) is 11.3 Å².